The molecule has 2 atom stereocenters. The fourth-order valence-corrected chi connectivity index (χ4v) is 11.7. The zero-order chi connectivity index (χ0) is 53.7. The zero-order valence-corrected chi connectivity index (χ0v) is 48.3. The van der Waals surface area contributed by atoms with Gasteiger partial charge in [0.25, 0.3) is 0 Å². The van der Waals surface area contributed by atoms with E-state index in [1.165, 1.54) is 140 Å². The molecule has 6 rings (SSSR count). The summed E-state index contributed by atoms with van der Waals surface area (Å²) < 4.78 is 24.5. The summed E-state index contributed by atoms with van der Waals surface area (Å²) in [5.41, 5.74) is 4.68. The predicted octanol–water partition coefficient (Wildman–Crippen LogP) is 22.4. The second kappa shape index (κ2) is 33.9. The van der Waals surface area contributed by atoms with E-state index in [1.807, 2.05) is 12.1 Å². The molecule has 0 amide bonds. The quantitative estimate of drug-likeness (QED) is 0.0168. The first-order chi connectivity index (χ1) is 37.3. The van der Waals surface area contributed by atoms with Crippen LogP contribution in [0.3, 0.4) is 0 Å². The van der Waals surface area contributed by atoms with E-state index in [-0.39, 0.29) is 0 Å². The van der Waals surface area contributed by atoms with Gasteiger partial charge in [0.1, 0.15) is 11.5 Å². The van der Waals surface area contributed by atoms with Crippen molar-refractivity contribution in [2.45, 2.75) is 234 Å². The number of hydrogen-bond donors (Lipinski definition) is 0. The highest BCUT2D eigenvalue weighted by Gasteiger charge is 2.26. The fourth-order valence-electron chi connectivity index (χ4n) is 11.7. The van der Waals surface area contributed by atoms with Crippen LogP contribution in [0, 0.1) is 11.8 Å². The van der Waals surface area contributed by atoms with Gasteiger partial charge >= 0.3 is 12.3 Å². The van der Waals surface area contributed by atoms with Crippen LogP contribution < -0.4 is 9.47 Å². The highest BCUT2D eigenvalue weighted by molar-refractivity contribution is 6.27. The van der Waals surface area contributed by atoms with E-state index in [4.69, 9.17) is 18.9 Å². The molecule has 0 aromatic heterocycles. The second-order valence-electron chi connectivity index (χ2n) is 22.3. The number of rotatable bonds is 37. The maximum atomic E-state index is 13.8. The molecule has 6 aromatic carbocycles. The lowest BCUT2D eigenvalue weighted by Crippen LogP contribution is -2.13. The van der Waals surface area contributed by atoms with Gasteiger partial charge in [-0.05, 0) is 81.3 Å². The Balaban J connectivity index is 1.41. The number of carbonyl (C=O) groups excluding carboxylic acids is 2. The van der Waals surface area contributed by atoms with Crippen molar-refractivity contribution in [3.63, 3.8) is 0 Å². The van der Waals surface area contributed by atoms with Crippen molar-refractivity contribution in [2.24, 2.45) is 11.8 Å². The third-order valence-corrected chi connectivity index (χ3v) is 16.3. The van der Waals surface area contributed by atoms with Crippen molar-refractivity contribution in [2.75, 3.05) is 13.2 Å². The van der Waals surface area contributed by atoms with Crippen molar-refractivity contribution in [3.05, 3.63) is 96.1 Å². The number of unbranched alkanes of at least 4 members (excludes halogenated alkanes) is 20. The van der Waals surface area contributed by atoms with Gasteiger partial charge < -0.3 is 18.9 Å². The van der Waals surface area contributed by atoms with Crippen LogP contribution in [0.5, 0.6) is 11.5 Å². The molecule has 0 bridgehead atoms. The maximum Gasteiger partial charge on any atom is 0.513 e. The van der Waals surface area contributed by atoms with Crippen LogP contribution in [0.4, 0.5) is 9.59 Å². The molecule has 0 aliphatic rings. The molecule has 2 unspecified atom stereocenters. The minimum atomic E-state index is -0.666. The van der Waals surface area contributed by atoms with Crippen molar-refractivity contribution >= 4 is 55.4 Å². The second-order valence-corrected chi connectivity index (χ2v) is 22.3. The first-order valence-corrected chi connectivity index (χ1v) is 31.0. The molecular formula is C70H98O6. The van der Waals surface area contributed by atoms with Crippen LogP contribution in [0.1, 0.15) is 232 Å². The Hall–Kier alpha value is -5.10. The molecule has 6 nitrogen and oxygen atoms in total. The Morgan fingerprint density at radius 2 is 0.671 bits per heavy atom. The summed E-state index contributed by atoms with van der Waals surface area (Å²) in [6, 6.07) is 30.3. The van der Waals surface area contributed by atoms with Crippen molar-refractivity contribution < 1.29 is 28.5 Å². The average Bonchev–Trinajstić information content (AvgIpc) is 3.51. The Kier molecular flexibility index (Phi) is 26.8. The molecule has 0 aliphatic carbocycles. The van der Waals surface area contributed by atoms with Crippen LogP contribution in [-0.4, -0.2) is 25.5 Å². The molecule has 6 heteroatoms. The SMILES string of the molecule is CCCCCCCCCCCCOC(=O)Oc1c2ccccc2c(-c2c3ccccc3c(OC(=O)OCCCCCCCCCCCC)c3ccc(CC(CC)CCCC)cc23)c2cc(CC(CC)CCCC)ccc12. The van der Waals surface area contributed by atoms with E-state index in [1.54, 1.807) is 0 Å². The molecule has 0 aliphatic heterocycles. The summed E-state index contributed by atoms with van der Waals surface area (Å²) in [6.45, 7) is 14.4. The number of hydrogen-bond acceptors (Lipinski definition) is 6. The molecule has 0 fully saturated rings. The predicted molar refractivity (Wildman–Crippen MR) is 324 cm³/mol. The average molecular weight is 1040 g/mol. The van der Waals surface area contributed by atoms with Gasteiger partial charge in [0.15, 0.2) is 0 Å². The monoisotopic (exact) mass is 1030 g/mol. The Labute approximate surface area is 459 Å². The normalized spacial score (nSPS) is 12.4. The lowest BCUT2D eigenvalue weighted by molar-refractivity contribution is 0.0972. The van der Waals surface area contributed by atoms with E-state index >= 15 is 0 Å². The molecule has 0 saturated carbocycles. The van der Waals surface area contributed by atoms with Gasteiger partial charge in [0.05, 0.1) is 13.2 Å². The van der Waals surface area contributed by atoms with Crippen LogP contribution in [0.25, 0.3) is 54.2 Å². The maximum absolute atomic E-state index is 13.8. The van der Waals surface area contributed by atoms with E-state index in [0.29, 0.717) is 36.5 Å². The number of benzene rings is 6. The topological polar surface area (TPSA) is 71.1 Å². The highest BCUT2D eigenvalue weighted by atomic mass is 16.7. The van der Waals surface area contributed by atoms with Gasteiger partial charge in [-0.3, -0.25) is 0 Å². The summed E-state index contributed by atoms with van der Waals surface area (Å²) >= 11 is 0. The van der Waals surface area contributed by atoms with E-state index in [2.05, 4.69) is 114 Å². The summed E-state index contributed by atoms with van der Waals surface area (Å²) in [5, 5.41) is 7.44. The van der Waals surface area contributed by atoms with Crippen molar-refractivity contribution in [3.8, 4) is 22.6 Å². The molecule has 0 heterocycles. The van der Waals surface area contributed by atoms with Gasteiger partial charge in [0, 0.05) is 21.5 Å². The summed E-state index contributed by atoms with van der Waals surface area (Å²) in [4.78, 5) is 27.7. The molecule has 76 heavy (non-hydrogen) atoms. The number of carbonyl (C=O) groups is 2. The first kappa shape index (κ1) is 60.1. The van der Waals surface area contributed by atoms with E-state index < -0.39 is 12.3 Å². The minimum absolute atomic E-state index is 0.336. The molecular weight excluding hydrogens is 937 g/mol. The molecule has 0 spiro atoms. The smallest absolute Gasteiger partial charge is 0.434 e. The van der Waals surface area contributed by atoms with Crippen LogP contribution in [0.15, 0.2) is 84.9 Å². The lowest BCUT2D eigenvalue weighted by atomic mass is 9.83. The molecule has 0 saturated heterocycles. The molecule has 0 N–H and O–H groups in total. The van der Waals surface area contributed by atoms with Crippen LogP contribution in [-0.2, 0) is 22.3 Å². The summed E-state index contributed by atoms with van der Waals surface area (Å²) in [5.74, 6) is 2.16. The van der Waals surface area contributed by atoms with Crippen LogP contribution >= 0.6 is 0 Å². The number of ether oxygens (including phenoxy) is 4. The van der Waals surface area contributed by atoms with Gasteiger partial charge in [-0.25, -0.2) is 9.59 Å². The molecule has 414 valence electrons. The Morgan fingerprint density at radius 3 is 1.01 bits per heavy atom. The van der Waals surface area contributed by atoms with Gasteiger partial charge in [0.2, 0.25) is 0 Å². The zero-order valence-electron chi connectivity index (χ0n) is 48.3. The van der Waals surface area contributed by atoms with Gasteiger partial charge in [-0.2, -0.15) is 0 Å². The minimum Gasteiger partial charge on any atom is -0.434 e. The Morgan fingerprint density at radius 1 is 0.355 bits per heavy atom. The third-order valence-electron chi connectivity index (χ3n) is 16.3. The Bertz CT molecular complexity index is 2480. The van der Waals surface area contributed by atoms with Crippen LogP contribution in [0.2, 0.25) is 0 Å². The van der Waals surface area contributed by atoms with E-state index in [0.717, 1.165) is 118 Å². The van der Waals surface area contributed by atoms with Gasteiger partial charge in [-0.15, -0.1) is 0 Å². The largest absolute Gasteiger partial charge is 0.513 e. The van der Waals surface area contributed by atoms with Gasteiger partial charge in [-0.1, -0.05) is 293 Å². The highest BCUT2D eigenvalue weighted by Crippen LogP contribution is 2.51. The summed E-state index contributed by atoms with van der Waals surface area (Å²) in [7, 11) is 0. The fraction of sp³-hybridized carbons (Fsp3) is 0.571. The van der Waals surface area contributed by atoms with Crippen molar-refractivity contribution in [1.29, 1.82) is 0 Å². The first-order valence-electron chi connectivity index (χ1n) is 31.0. The number of fused-ring (bicyclic) bond motifs is 4. The third kappa shape index (κ3) is 18.0. The van der Waals surface area contributed by atoms with Crippen molar-refractivity contribution in [1.82, 2.24) is 0 Å². The summed E-state index contributed by atoms with van der Waals surface area (Å²) in [6.07, 6.45) is 34.2. The molecule has 0 radical (unpaired) electrons. The van der Waals surface area contributed by atoms with E-state index in [9.17, 15) is 9.59 Å². The molecule has 6 aromatic rings. The standard InChI is InChI=1S/C70H98O6/c1-7-13-17-19-21-23-25-27-29-35-47-73-69(71)75-67-59-41-33-31-39-57(59)65(63-51-55(43-45-61(63)67)49-53(11-5)37-15-9-3)66-58-40-32-34-42-60(58)68(62-46-44-56(52-64(62)66)50-54(12-6)38-16-10-4)76-70(72)74-48-36-30-28-26-24-22-20-18-14-8-2/h31-34,39-46,51-54H,7-30,35-38,47-50H2,1-6H3. The lowest BCUT2D eigenvalue weighted by Gasteiger charge is -2.23.